The lowest BCUT2D eigenvalue weighted by molar-refractivity contribution is -0.122. The average molecular weight is 237 g/mol. The molecule has 1 aromatic rings. The molecule has 1 aliphatic heterocycles. The third kappa shape index (κ3) is 3.52. The molecule has 1 amide bonds. The van der Waals surface area contributed by atoms with Gasteiger partial charge in [0.1, 0.15) is 6.54 Å². The smallest absolute Gasteiger partial charge is 0.241 e. The molecule has 0 saturated carbocycles. The molecule has 2 N–H and O–H groups in total. The van der Waals surface area contributed by atoms with Crippen LogP contribution in [0.5, 0.6) is 0 Å². The van der Waals surface area contributed by atoms with Gasteiger partial charge in [-0.3, -0.25) is 4.79 Å². The summed E-state index contributed by atoms with van der Waals surface area (Å²) < 4.78 is 1.53. The molecular weight excluding hydrogens is 218 g/mol. The molecule has 6 nitrogen and oxygen atoms in total. The minimum absolute atomic E-state index is 0.00439. The molecule has 0 spiro atoms. The number of carbonyl (C=O) groups excluding carboxylic acids is 1. The van der Waals surface area contributed by atoms with Gasteiger partial charge < -0.3 is 10.6 Å². The Balaban J connectivity index is 1.75. The van der Waals surface area contributed by atoms with Crippen molar-refractivity contribution in [3.63, 3.8) is 0 Å². The molecule has 1 fully saturated rings. The molecule has 2 heterocycles. The van der Waals surface area contributed by atoms with E-state index in [1.165, 1.54) is 4.68 Å². The summed E-state index contributed by atoms with van der Waals surface area (Å²) in [7, 11) is 0. The summed E-state index contributed by atoms with van der Waals surface area (Å²) in [6, 6.07) is 0. The fourth-order valence-corrected chi connectivity index (χ4v) is 2.04. The first-order valence-electron chi connectivity index (χ1n) is 5.99. The van der Waals surface area contributed by atoms with Crippen LogP contribution in [0.15, 0.2) is 12.4 Å². The Bertz CT molecular complexity index is 356. The number of amides is 1. The summed E-state index contributed by atoms with van der Waals surface area (Å²) in [5.41, 5.74) is 0.225. The zero-order valence-electron chi connectivity index (χ0n) is 10.1. The number of piperidine rings is 1. The third-order valence-electron chi connectivity index (χ3n) is 3.30. The van der Waals surface area contributed by atoms with Gasteiger partial charge in [-0.1, -0.05) is 12.1 Å². The first-order chi connectivity index (χ1) is 8.18. The van der Waals surface area contributed by atoms with Crippen LogP contribution < -0.4 is 10.6 Å². The van der Waals surface area contributed by atoms with E-state index in [0.29, 0.717) is 0 Å². The Kier molecular flexibility index (Phi) is 3.73. The monoisotopic (exact) mass is 237 g/mol. The van der Waals surface area contributed by atoms with Crippen LogP contribution in [0.1, 0.15) is 19.8 Å². The van der Waals surface area contributed by atoms with Gasteiger partial charge in [0, 0.05) is 12.7 Å². The van der Waals surface area contributed by atoms with Gasteiger partial charge in [-0.15, -0.1) is 5.10 Å². The van der Waals surface area contributed by atoms with Gasteiger partial charge in [0.15, 0.2) is 0 Å². The minimum Gasteiger partial charge on any atom is -0.354 e. The quantitative estimate of drug-likeness (QED) is 0.759. The largest absolute Gasteiger partial charge is 0.354 e. The fourth-order valence-electron chi connectivity index (χ4n) is 2.04. The predicted octanol–water partition coefficient (Wildman–Crippen LogP) is -0.216. The Labute approximate surface area is 101 Å². The van der Waals surface area contributed by atoms with Crippen LogP contribution in [0.25, 0.3) is 0 Å². The van der Waals surface area contributed by atoms with Crippen molar-refractivity contribution in [3.05, 3.63) is 12.4 Å². The van der Waals surface area contributed by atoms with Gasteiger partial charge in [0.25, 0.3) is 0 Å². The second-order valence-corrected chi connectivity index (χ2v) is 4.94. The van der Waals surface area contributed by atoms with Crippen molar-refractivity contribution in [3.8, 4) is 0 Å². The van der Waals surface area contributed by atoms with Crippen LogP contribution in [0.3, 0.4) is 0 Å². The molecule has 0 aliphatic carbocycles. The maximum atomic E-state index is 11.7. The van der Waals surface area contributed by atoms with E-state index in [1.807, 2.05) is 0 Å². The first-order valence-corrected chi connectivity index (χ1v) is 5.99. The van der Waals surface area contributed by atoms with Crippen molar-refractivity contribution in [2.45, 2.75) is 26.3 Å². The Morgan fingerprint density at radius 1 is 1.53 bits per heavy atom. The van der Waals surface area contributed by atoms with Crippen molar-refractivity contribution in [2.24, 2.45) is 5.41 Å². The first kappa shape index (κ1) is 12.0. The molecule has 17 heavy (non-hydrogen) atoms. The Morgan fingerprint density at radius 3 is 2.94 bits per heavy atom. The minimum atomic E-state index is -0.00439. The highest BCUT2D eigenvalue weighted by Gasteiger charge is 2.26. The van der Waals surface area contributed by atoms with Gasteiger partial charge in [0.05, 0.1) is 6.20 Å². The predicted molar refractivity (Wildman–Crippen MR) is 63.2 cm³/mol. The number of carbonyl (C=O) groups is 1. The van der Waals surface area contributed by atoms with Crippen LogP contribution in [0.2, 0.25) is 0 Å². The maximum Gasteiger partial charge on any atom is 0.241 e. The SMILES string of the molecule is CC1(CNC(=O)Cn2ccnn2)CCNCC1. The molecule has 1 aromatic heterocycles. The van der Waals surface area contributed by atoms with Crippen LogP contribution in [0.4, 0.5) is 0 Å². The van der Waals surface area contributed by atoms with Gasteiger partial charge in [-0.25, -0.2) is 4.68 Å². The third-order valence-corrected chi connectivity index (χ3v) is 3.30. The number of hydrogen-bond donors (Lipinski definition) is 2. The van der Waals surface area contributed by atoms with E-state index < -0.39 is 0 Å². The van der Waals surface area contributed by atoms with Crippen LogP contribution in [-0.4, -0.2) is 40.5 Å². The topological polar surface area (TPSA) is 71.8 Å². The molecular formula is C11H19N5O. The van der Waals surface area contributed by atoms with Gasteiger partial charge in [-0.05, 0) is 31.3 Å². The number of rotatable bonds is 4. The lowest BCUT2D eigenvalue weighted by Crippen LogP contribution is -2.43. The second-order valence-electron chi connectivity index (χ2n) is 4.94. The van der Waals surface area contributed by atoms with E-state index in [4.69, 9.17) is 0 Å². The molecule has 0 bridgehead atoms. The lowest BCUT2D eigenvalue weighted by atomic mass is 9.81. The van der Waals surface area contributed by atoms with E-state index in [2.05, 4.69) is 27.9 Å². The van der Waals surface area contributed by atoms with Crippen molar-refractivity contribution >= 4 is 5.91 Å². The Morgan fingerprint density at radius 2 is 2.29 bits per heavy atom. The van der Waals surface area contributed by atoms with E-state index >= 15 is 0 Å². The number of nitrogens with one attached hydrogen (secondary N) is 2. The summed E-state index contributed by atoms with van der Waals surface area (Å²) in [5, 5.41) is 13.7. The zero-order valence-corrected chi connectivity index (χ0v) is 10.1. The summed E-state index contributed by atoms with van der Waals surface area (Å²) in [5.74, 6) is -0.00439. The average Bonchev–Trinajstić information content (AvgIpc) is 2.80. The summed E-state index contributed by atoms with van der Waals surface area (Å²) in [6.45, 7) is 5.28. The van der Waals surface area contributed by atoms with Crippen molar-refractivity contribution in [1.29, 1.82) is 0 Å². The van der Waals surface area contributed by atoms with E-state index in [0.717, 1.165) is 32.5 Å². The number of nitrogens with zero attached hydrogens (tertiary/aromatic N) is 3. The van der Waals surface area contributed by atoms with Crippen molar-refractivity contribution in [2.75, 3.05) is 19.6 Å². The van der Waals surface area contributed by atoms with Crippen molar-refractivity contribution in [1.82, 2.24) is 25.6 Å². The number of hydrogen-bond acceptors (Lipinski definition) is 4. The maximum absolute atomic E-state index is 11.7. The summed E-state index contributed by atoms with van der Waals surface area (Å²) in [6.07, 6.45) is 5.47. The molecule has 0 unspecified atom stereocenters. The molecule has 2 rings (SSSR count). The van der Waals surface area contributed by atoms with Crippen LogP contribution in [0, 0.1) is 5.41 Å². The molecule has 1 aliphatic rings. The molecule has 0 atom stereocenters. The molecule has 6 heteroatoms. The van der Waals surface area contributed by atoms with Gasteiger partial charge in [0.2, 0.25) is 5.91 Å². The van der Waals surface area contributed by atoms with Gasteiger partial charge in [-0.2, -0.15) is 0 Å². The molecule has 94 valence electrons. The summed E-state index contributed by atoms with van der Waals surface area (Å²) >= 11 is 0. The van der Waals surface area contributed by atoms with Gasteiger partial charge >= 0.3 is 0 Å². The highest BCUT2D eigenvalue weighted by atomic mass is 16.2. The fraction of sp³-hybridized carbons (Fsp3) is 0.727. The molecule has 1 saturated heterocycles. The van der Waals surface area contributed by atoms with Crippen molar-refractivity contribution < 1.29 is 4.79 Å². The molecule has 0 radical (unpaired) electrons. The van der Waals surface area contributed by atoms with Crippen LogP contribution >= 0.6 is 0 Å². The zero-order chi connectivity index (χ0) is 12.1. The summed E-state index contributed by atoms with van der Waals surface area (Å²) in [4.78, 5) is 11.7. The number of aromatic nitrogens is 3. The van der Waals surface area contributed by atoms with Crippen LogP contribution in [-0.2, 0) is 11.3 Å². The van der Waals surface area contributed by atoms with E-state index in [-0.39, 0.29) is 17.9 Å². The standard InChI is InChI=1S/C11H19N5O/c1-11(2-4-12-5-3-11)9-13-10(17)8-16-7-6-14-15-16/h6-7,12H,2-5,8-9H2,1H3,(H,13,17). The van der Waals surface area contributed by atoms with E-state index in [1.54, 1.807) is 12.4 Å². The highest BCUT2D eigenvalue weighted by molar-refractivity contribution is 5.75. The Hall–Kier alpha value is -1.43. The second kappa shape index (κ2) is 5.27. The normalized spacial score (nSPS) is 18.9. The molecule has 0 aromatic carbocycles. The lowest BCUT2D eigenvalue weighted by Gasteiger charge is -2.34. The van der Waals surface area contributed by atoms with E-state index in [9.17, 15) is 4.79 Å². The highest BCUT2D eigenvalue weighted by Crippen LogP contribution is 2.26.